The van der Waals surface area contributed by atoms with Crippen molar-refractivity contribution in [3.63, 3.8) is 0 Å². The molecule has 2 rings (SSSR count). The number of anilines is 1. The van der Waals surface area contributed by atoms with Crippen LogP contribution in [0.1, 0.15) is 44.6 Å². The summed E-state index contributed by atoms with van der Waals surface area (Å²) in [5.74, 6) is 0.235. The van der Waals surface area contributed by atoms with Crippen LogP contribution < -0.4 is 4.72 Å². The Morgan fingerprint density at radius 3 is 2.71 bits per heavy atom. The van der Waals surface area contributed by atoms with Gasteiger partial charge in [-0.15, -0.1) is 0 Å². The highest BCUT2D eigenvalue weighted by Gasteiger charge is 2.32. The number of piperidine rings is 1. The minimum absolute atomic E-state index is 0.132. The molecular formula is C15H24N2O3S. The van der Waals surface area contributed by atoms with Gasteiger partial charge in [0, 0.05) is 12.6 Å². The van der Waals surface area contributed by atoms with E-state index < -0.39 is 10.2 Å². The lowest BCUT2D eigenvalue weighted by Gasteiger charge is -2.33. The molecule has 1 saturated heterocycles. The lowest BCUT2D eigenvalue weighted by molar-refractivity contribution is 0.156. The topological polar surface area (TPSA) is 69.6 Å². The van der Waals surface area contributed by atoms with Crippen molar-refractivity contribution < 1.29 is 13.5 Å². The van der Waals surface area contributed by atoms with Gasteiger partial charge >= 0.3 is 10.2 Å². The lowest BCUT2D eigenvalue weighted by Crippen LogP contribution is -2.48. The van der Waals surface area contributed by atoms with Crippen molar-refractivity contribution in [1.29, 1.82) is 0 Å². The maximum absolute atomic E-state index is 12.6. The summed E-state index contributed by atoms with van der Waals surface area (Å²) in [6.07, 6.45) is 2.51. The summed E-state index contributed by atoms with van der Waals surface area (Å²) in [6, 6.07) is 7.13. The van der Waals surface area contributed by atoms with Crippen molar-refractivity contribution in [2.24, 2.45) is 0 Å². The van der Waals surface area contributed by atoms with Crippen molar-refractivity contribution >= 4 is 15.9 Å². The molecule has 118 valence electrons. The highest BCUT2D eigenvalue weighted by atomic mass is 32.2. The SMILES string of the molecule is CC(C)c1ccccc1NS(=O)(=O)N1CCCCC1CO. The highest BCUT2D eigenvalue weighted by Crippen LogP contribution is 2.27. The molecule has 1 atom stereocenters. The zero-order valence-corrected chi connectivity index (χ0v) is 13.4. The Labute approximate surface area is 127 Å². The van der Waals surface area contributed by atoms with Crippen LogP contribution in [-0.2, 0) is 10.2 Å². The summed E-state index contributed by atoms with van der Waals surface area (Å²) in [7, 11) is -3.63. The summed E-state index contributed by atoms with van der Waals surface area (Å²) in [4.78, 5) is 0. The highest BCUT2D eigenvalue weighted by molar-refractivity contribution is 7.90. The summed E-state index contributed by atoms with van der Waals surface area (Å²) in [5, 5.41) is 9.40. The number of aliphatic hydroxyl groups is 1. The summed E-state index contributed by atoms with van der Waals surface area (Å²) >= 11 is 0. The first-order valence-electron chi connectivity index (χ1n) is 7.45. The first kappa shape index (κ1) is 16.3. The number of aliphatic hydroxyl groups excluding tert-OH is 1. The minimum Gasteiger partial charge on any atom is -0.395 e. The third-order valence-corrected chi connectivity index (χ3v) is 5.49. The van der Waals surface area contributed by atoms with E-state index in [1.54, 1.807) is 6.07 Å². The molecule has 1 aliphatic rings. The molecule has 1 fully saturated rings. The molecule has 1 aromatic carbocycles. The summed E-state index contributed by atoms with van der Waals surface area (Å²) < 4.78 is 29.3. The normalized spacial score (nSPS) is 20.7. The van der Waals surface area contributed by atoms with Crippen LogP contribution in [-0.4, -0.2) is 37.0 Å². The fourth-order valence-corrected chi connectivity index (χ4v) is 4.28. The van der Waals surface area contributed by atoms with E-state index in [1.807, 2.05) is 32.0 Å². The zero-order chi connectivity index (χ0) is 15.5. The largest absolute Gasteiger partial charge is 0.395 e. The molecule has 2 N–H and O–H groups in total. The van der Waals surface area contributed by atoms with Gasteiger partial charge in [-0.3, -0.25) is 4.72 Å². The lowest BCUT2D eigenvalue weighted by atomic mass is 10.0. The Morgan fingerprint density at radius 2 is 2.05 bits per heavy atom. The van der Waals surface area contributed by atoms with Gasteiger partial charge in [-0.05, 0) is 30.4 Å². The maximum atomic E-state index is 12.6. The molecule has 0 amide bonds. The molecule has 5 nitrogen and oxygen atoms in total. The van der Waals surface area contributed by atoms with Crippen LogP contribution in [0.25, 0.3) is 0 Å². The van der Waals surface area contributed by atoms with E-state index in [9.17, 15) is 13.5 Å². The molecule has 0 spiro atoms. The average Bonchev–Trinajstić information content (AvgIpc) is 2.47. The van der Waals surface area contributed by atoms with Gasteiger partial charge in [0.15, 0.2) is 0 Å². The van der Waals surface area contributed by atoms with Crippen molar-refractivity contribution in [3.8, 4) is 0 Å². The number of nitrogens with one attached hydrogen (secondary N) is 1. The second-order valence-corrected chi connectivity index (χ2v) is 7.42. The smallest absolute Gasteiger partial charge is 0.301 e. The monoisotopic (exact) mass is 312 g/mol. The Kier molecular flexibility index (Phi) is 5.24. The quantitative estimate of drug-likeness (QED) is 0.876. The van der Waals surface area contributed by atoms with Crippen LogP contribution in [0.4, 0.5) is 5.69 Å². The van der Waals surface area contributed by atoms with Gasteiger partial charge in [-0.25, -0.2) is 0 Å². The van der Waals surface area contributed by atoms with E-state index in [2.05, 4.69) is 4.72 Å². The number of benzene rings is 1. The van der Waals surface area contributed by atoms with Gasteiger partial charge < -0.3 is 5.11 Å². The molecule has 21 heavy (non-hydrogen) atoms. The molecule has 1 aliphatic heterocycles. The van der Waals surface area contributed by atoms with Crippen LogP contribution in [0.5, 0.6) is 0 Å². The van der Waals surface area contributed by atoms with Crippen molar-refractivity contribution in [2.45, 2.75) is 45.1 Å². The van der Waals surface area contributed by atoms with Crippen molar-refractivity contribution in [2.75, 3.05) is 17.9 Å². The second kappa shape index (κ2) is 6.77. The predicted octanol–water partition coefficient (Wildman–Crippen LogP) is 2.31. The number of hydrogen-bond donors (Lipinski definition) is 2. The third-order valence-electron chi connectivity index (χ3n) is 3.91. The Bertz CT molecular complexity index is 572. The van der Waals surface area contributed by atoms with Crippen LogP contribution in [0.3, 0.4) is 0 Å². The van der Waals surface area contributed by atoms with E-state index in [0.29, 0.717) is 18.7 Å². The van der Waals surface area contributed by atoms with Crippen molar-refractivity contribution in [3.05, 3.63) is 29.8 Å². The van der Waals surface area contributed by atoms with E-state index in [4.69, 9.17) is 0 Å². The molecule has 6 heteroatoms. The standard InChI is InChI=1S/C15H24N2O3S/c1-12(2)14-8-3-4-9-15(14)16-21(19,20)17-10-6-5-7-13(17)11-18/h3-4,8-9,12-13,16,18H,5-7,10-11H2,1-2H3. The number of rotatable bonds is 5. The molecule has 0 aromatic heterocycles. The van der Waals surface area contributed by atoms with Gasteiger partial charge in [0.2, 0.25) is 0 Å². The van der Waals surface area contributed by atoms with Crippen LogP contribution >= 0.6 is 0 Å². The van der Waals surface area contributed by atoms with Gasteiger partial charge in [-0.2, -0.15) is 12.7 Å². The number of para-hydroxylation sites is 1. The predicted molar refractivity (Wildman–Crippen MR) is 84.5 cm³/mol. The molecule has 0 bridgehead atoms. The molecule has 1 unspecified atom stereocenters. The number of nitrogens with zero attached hydrogens (tertiary/aromatic N) is 1. The van der Waals surface area contributed by atoms with E-state index in [1.165, 1.54) is 4.31 Å². The molecule has 1 aromatic rings. The van der Waals surface area contributed by atoms with Crippen LogP contribution in [0, 0.1) is 0 Å². The van der Waals surface area contributed by atoms with E-state index >= 15 is 0 Å². The van der Waals surface area contributed by atoms with Gasteiger partial charge in [-0.1, -0.05) is 38.5 Å². The number of hydrogen-bond acceptors (Lipinski definition) is 3. The Balaban J connectivity index is 2.25. The van der Waals surface area contributed by atoms with Crippen molar-refractivity contribution in [1.82, 2.24) is 4.31 Å². The summed E-state index contributed by atoms with van der Waals surface area (Å²) in [5.41, 5.74) is 1.59. The van der Waals surface area contributed by atoms with Gasteiger partial charge in [0.1, 0.15) is 0 Å². The summed E-state index contributed by atoms with van der Waals surface area (Å²) in [6.45, 7) is 4.40. The Morgan fingerprint density at radius 1 is 1.33 bits per heavy atom. The maximum Gasteiger partial charge on any atom is 0.301 e. The average molecular weight is 312 g/mol. The molecular weight excluding hydrogens is 288 g/mol. The van der Waals surface area contributed by atoms with Crippen LogP contribution in [0.2, 0.25) is 0 Å². The fraction of sp³-hybridized carbons (Fsp3) is 0.600. The van der Waals surface area contributed by atoms with Gasteiger partial charge in [0.05, 0.1) is 12.3 Å². The van der Waals surface area contributed by atoms with Crippen LogP contribution in [0.15, 0.2) is 24.3 Å². The Hall–Kier alpha value is -1.11. The fourth-order valence-electron chi connectivity index (χ4n) is 2.76. The molecule has 0 saturated carbocycles. The minimum atomic E-state index is -3.63. The van der Waals surface area contributed by atoms with E-state index in [-0.39, 0.29) is 18.6 Å². The zero-order valence-electron chi connectivity index (χ0n) is 12.6. The van der Waals surface area contributed by atoms with E-state index in [0.717, 1.165) is 18.4 Å². The molecule has 0 radical (unpaired) electrons. The molecule has 1 heterocycles. The van der Waals surface area contributed by atoms with Gasteiger partial charge in [0.25, 0.3) is 0 Å². The third kappa shape index (κ3) is 3.75. The first-order valence-corrected chi connectivity index (χ1v) is 8.89. The first-order chi connectivity index (χ1) is 9.95. The second-order valence-electron chi connectivity index (χ2n) is 5.79. The molecule has 0 aliphatic carbocycles.